The van der Waals surface area contributed by atoms with E-state index in [2.05, 4.69) is 10.4 Å². The molecule has 222 valence electrons. The lowest BCUT2D eigenvalue weighted by Crippen LogP contribution is -2.38. The maximum Gasteiger partial charge on any atom is 0.503 e. The number of halogens is 3. The second-order valence-corrected chi connectivity index (χ2v) is 10.1. The number of ether oxygens (including phenoxy) is 1. The minimum atomic E-state index is -4.52. The van der Waals surface area contributed by atoms with Crippen LogP contribution in [0.3, 0.4) is 0 Å². The van der Waals surface area contributed by atoms with Gasteiger partial charge in [0.05, 0.1) is 18.4 Å². The molecular formula is C29H34F3N3O6. The van der Waals surface area contributed by atoms with Crippen LogP contribution in [-0.2, 0) is 20.9 Å². The van der Waals surface area contributed by atoms with E-state index in [-0.39, 0.29) is 24.6 Å². The van der Waals surface area contributed by atoms with Gasteiger partial charge in [0.1, 0.15) is 0 Å². The van der Waals surface area contributed by atoms with Gasteiger partial charge in [-0.25, -0.2) is 9.80 Å². The molecule has 2 aromatic rings. The number of carbonyl (C=O) groups excluding carboxylic acids is 2. The number of hydrogen-bond donors (Lipinski definition) is 3. The fourth-order valence-corrected chi connectivity index (χ4v) is 4.39. The van der Waals surface area contributed by atoms with Crippen molar-refractivity contribution in [1.82, 2.24) is 10.3 Å². The Kier molecular flexibility index (Phi) is 11.1. The highest BCUT2D eigenvalue weighted by Gasteiger charge is 2.44. The Bertz CT molecular complexity index is 1200. The molecule has 1 heterocycles. The number of nitrogens with one attached hydrogen (secondary N) is 1. The third-order valence-electron chi connectivity index (χ3n) is 6.86. The highest BCUT2D eigenvalue weighted by molar-refractivity contribution is 5.97. The van der Waals surface area contributed by atoms with Gasteiger partial charge in [-0.1, -0.05) is 75.1 Å². The maximum absolute atomic E-state index is 13.6. The van der Waals surface area contributed by atoms with Crippen molar-refractivity contribution in [2.24, 2.45) is 16.9 Å². The summed E-state index contributed by atoms with van der Waals surface area (Å²) in [4.78, 5) is 33.8. The lowest BCUT2D eigenvalue weighted by Gasteiger charge is -2.26. The molecule has 0 bridgehead atoms. The number of benzene rings is 2. The molecule has 2 atom stereocenters. The Morgan fingerprint density at radius 2 is 1.71 bits per heavy atom. The molecule has 1 fully saturated rings. The van der Waals surface area contributed by atoms with Crippen molar-refractivity contribution < 1.29 is 42.5 Å². The lowest BCUT2D eigenvalue weighted by molar-refractivity contribution is -0.179. The molecule has 0 aromatic heterocycles. The van der Waals surface area contributed by atoms with Gasteiger partial charge in [-0.05, 0) is 35.6 Å². The van der Waals surface area contributed by atoms with Crippen LogP contribution in [0.5, 0.6) is 0 Å². The van der Waals surface area contributed by atoms with Crippen LogP contribution in [0.1, 0.15) is 61.6 Å². The van der Waals surface area contributed by atoms with Crippen molar-refractivity contribution >= 4 is 23.9 Å². The average molecular weight is 578 g/mol. The van der Waals surface area contributed by atoms with Crippen molar-refractivity contribution in [3.8, 4) is 0 Å². The number of alkyl halides is 3. The number of unbranched alkanes of at least 4 members (excludes halogenated alkanes) is 1. The largest absolute Gasteiger partial charge is 0.503 e. The molecule has 41 heavy (non-hydrogen) atoms. The smallest absolute Gasteiger partial charge is 0.466 e. The number of rotatable bonds is 11. The second-order valence-electron chi connectivity index (χ2n) is 10.1. The molecule has 1 aliphatic carbocycles. The Morgan fingerprint density at radius 1 is 1.07 bits per heavy atom. The van der Waals surface area contributed by atoms with Crippen LogP contribution < -0.4 is 5.32 Å². The molecule has 2 aliphatic rings. The Balaban J connectivity index is 0.00000108. The van der Waals surface area contributed by atoms with Crippen LogP contribution in [0.4, 0.5) is 18.0 Å². The first-order valence-corrected chi connectivity index (χ1v) is 13.4. The van der Waals surface area contributed by atoms with E-state index in [1.54, 1.807) is 12.1 Å². The molecule has 0 radical (unpaired) electrons. The molecule has 2 unspecified atom stereocenters. The molecule has 2 aromatic carbocycles. The fraction of sp³-hybridized carbons (Fsp3) is 0.448. The van der Waals surface area contributed by atoms with Crippen LogP contribution in [0.25, 0.3) is 0 Å². The minimum absolute atomic E-state index is 0.130. The van der Waals surface area contributed by atoms with E-state index >= 15 is 0 Å². The van der Waals surface area contributed by atoms with Gasteiger partial charge >= 0.3 is 12.3 Å². The number of nitrogens with zero attached hydrogens (tertiary/aromatic N) is 2. The van der Waals surface area contributed by atoms with Crippen LogP contribution >= 0.6 is 0 Å². The first-order valence-electron chi connectivity index (χ1n) is 13.4. The van der Waals surface area contributed by atoms with E-state index in [0.717, 1.165) is 37.7 Å². The highest BCUT2D eigenvalue weighted by Crippen LogP contribution is 2.38. The molecule has 3 N–H and O–H groups in total. The van der Waals surface area contributed by atoms with Gasteiger partial charge in [-0.2, -0.15) is 13.2 Å². The fourth-order valence-electron chi connectivity index (χ4n) is 4.39. The number of hydrazone groups is 1. The summed E-state index contributed by atoms with van der Waals surface area (Å²) in [5, 5.41) is 22.2. The molecule has 2 amide bonds. The van der Waals surface area contributed by atoms with Gasteiger partial charge in [0, 0.05) is 12.1 Å². The zero-order valence-electron chi connectivity index (χ0n) is 22.6. The summed E-state index contributed by atoms with van der Waals surface area (Å²) >= 11 is 0. The van der Waals surface area contributed by atoms with Gasteiger partial charge in [-0.15, -0.1) is 5.10 Å². The van der Waals surface area contributed by atoms with Crippen molar-refractivity contribution in [2.45, 2.75) is 57.7 Å². The third-order valence-corrected chi connectivity index (χ3v) is 6.86. The van der Waals surface area contributed by atoms with Gasteiger partial charge in [-0.3, -0.25) is 9.59 Å². The first kappa shape index (κ1) is 31.4. The number of amides is 2. The van der Waals surface area contributed by atoms with Gasteiger partial charge in [0.15, 0.2) is 6.61 Å². The standard InChI is InChI=1S/C28H32F3N3O3.CH2O3/c1-19(28(29,30)31)25(26(36)32-16-6-5-7-20-10-11-20)22-14-12-21(13-15-22)17-34-24(35)18-37-27(33-34)23-8-3-2-4-9-23;2-1(3)4/h2-4,8-9,12-15,19-20,25H,5-7,10-11,16-18H2,1H3,(H,32,36);(H2,2,3,4). The number of carboxylic acid groups (broad SMARTS) is 2. The molecule has 0 spiro atoms. The Hall–Kier alpha value is -4.09. The highest BCUT2D eigenvalue weighted by atomic mass is 19.4. The van der Waals surface area contributed by atoms with E-state index in [9.17, 15) is 22.8 Å². The summed E-state index contributed by atoms with van der Waals surface area (Å²) < 4.78 is 46.4. The monoisotopic (exact) mass is 577 g/mol. The SMILES string of the molecule is CC(C(C(=O)NCCCCC1CC1)c1ccc(CN2N=C(c3ccccc3)OCC2=O)cc1)C(F)(F)F.O=C(O)O. The quantitative estimate of drug-likeness (QED) is 0.298. The topological polar surface area (TPSA) is 129 Å². The Morgan fingerprint density at radius 3 is 2.29 bits per heavy atom. The van der Waals surface area contributed by atoms with E-state index in [1.807, 2.05) is 30.3 Å². The van der Waals surface area contributed by atoms with E-state index in [4.69, 9.17) is 19.7 Å². The molecule has 12 heteroatoms. The maximum atomic E-state index is 13.6. The van der Waals surface area contributed by atoms with Gasteiger partial charge in [0.25, 0.3) is 5.91 Å². The number of hydrogen-bond acceptors (Lipinski definition) is 5. The van der Waals surface area contributed by atoms with E-state index in [0.29, 0.717) is 18.0 Å². The lowest BCUT2D eigenvalue weighted by atomic mass is 9.85. The molecule has 1 saturated carbocycles. The van der Waals surface area contributed by atoms with Crippen molar-refractivity contribution in [3.05, 3.63) is 71.3 Å². The van der Waals surface area contributed by atoms with Crippen LogP contribution in [0, 0.1) is 11.8 Å². The average Bonchev–Trinajstić information content (AvgIpc) is 3.75. The predicted molar refractivity (Wildman–Crippen MR) is 144 cm³/mol. The van der Waals surface area contributed by atoms with Gasteiger partial charge in [0.2, 0.25) is 11.8 Å². The molecule has 9 nitrogen and oxygen atoms in total. The third kappa shape index (κ3) is 10.1. The van der Waals surface area contributed by atoms with Crippen LogP contribution in [0.2, 0.25) is 0 Å². The summed E-state index contributed by atoms with van der Waals surface area (Å²) in [6, 6.07) is 15.5. The van der Waals surface area contributed by atoms with E-state index in [1.165, 1.54) is 30.0 Å². The minimum Gasteiger partial charge on any atom is -0.466 e. The van der Waals surface area contributed by atoms with Crippen molar-refractivity contribution in [1.29, 1.82) is 0 Å². The molecule has 0 saturated heterocycles. The van der Waals surface area contributed by atoms with E-state index < -0.39 is 30.1 Å². The first-order chi connectivity index (χ1) is 19.5. The van der Waals surface area contributed by atoms with Gasteiger partial charge < -0.3 is 20.3 Å². The molecular weight excluding hydrogens is 543 g/mol. The zero-order valence-corrected chi connectivity index (χ0v) is 22.6. The van der Waals surface area contributed by atoms with Crippen LogP contribution in [-0.4, -0.2) is 58.4 Å². The summed E-state index contributed by atoms with van der Waals surface area (Å²) in [7, 11) is 0. The normalized spacial score (nSPS) is 16.4. The van der Waals surface area contributed by atoms with Crippen LogP contribution in [0.15, 0.2) is 59.7 Å². The molecule has 4 rings (SSSR count). The Labute approximate surface area is 236 Å². The summed E-state index contributed by atoms with van der Waals surface area (Å²) in [5.74, 6) is -3.04. The molecule has 1 aliphatic heterocycles. The zero-order chi connectivity index (χ0) is 30.0. The summed E-state index contributed by atoms with van der Waals surface area (Å²) in [5.41, 5.74) is 1.69. The summed E-state index contributed by atoms with van der Waals surface area (Å²) in [6.45, 7) is 1.38. The number of carbonyl (C=O) groups is 3. The van der Waals surface area contributed by atoms with Crippen molar-refractivity contribution in [2.75, 3.05) is 13.2 Å². The second kappa shape index (κ2) is 14.5. The predicted octanol–water partition coefficient (Wildman–Crippen LogP) is 5.61. The van der Waals surface area contributed by atoms with Crippen molar-refractivity contribution in [3.63, 3.8) is 0 Å². The summed E-state index contributed by atoms with van der Waals surface area (Å²) in [6.07, 6.45) is -1.000.